The summed E-state index contributed by atoms with van der Waals surface area (Å²) in [6.07, 6.45) is -4.02. The number of alkyl halides is 3. The van der Waals surface area contributed by atoms with Gasteiger partial charge in [-0.2, -0.15) is 13.2 Å². The molecular formula is C21H22F3NO5. The minimum Gasteiger partial charge on any atom is -0.484 e. The molecular weight excluding hydrogens is 403 g/mol. The van der Waals surface area contributed by atoms with Crippen LogP contribution in [-0.2, 0) is 22.4 Å². The van der Waals surface area contributed by atoms with E-state index in [4.69, 9.17) is 18.9 Å². The first kappa shape index (κ1) is 20.7. The van der Waals surface area contributed by atoms with Crippen LogP contribution in [0.1, 0.15) is 11.1 Å². The van der Waals surface area contributed by atoms with Crippen LogP contribution in [0.25, 0.3) is 11.3 Å². The summed E-state index contributed by atoms with van der Waals surface area (Å²) in [4.78, 5) is 12.6. The zero-order valence-electron chi connectivity index (χ0n) is 16.5. The van der Waals surface area contributed by atoms with Crippen LogP contribution in [0.15, 0.2) is 29.1 Å². The molecule has 3 heterocycles. The fourth-order valence-electron chi connectivity index (χ4n) is 3.72. The Morgan fingerprint density at radius 1 is 1.20 bits per heavy atom. The van der Waals surface area contributed by atoms with Crippen molar-refractivity contribution in [3.63, 3.8) is 0 Å². The first-order chi connectivity index (χ1) is 14.3. The highest BCUT2D eigenvalue weighted by atomic mass is 19.4. The molecule has 1 fully saturated rings. The highest BCUT2D eigenvalue weighted by molar-refractivity contribution is 5.70. The minimum atomic E-state index is -4.40. The van der Waals surface area contributed by atoms with Crippen molar-refractivity contribution in [1.29, 1.82) is 0 Å². The standard InChI is InChI=1S/C21H22F3NO5/c1-13-18(26)9-19(29-11-16-10-27-6-7-28-16)25-5-4-14-8-15(30-12-21(22,23)24)2-3-17(14)20(13)25/h2-3,8-9,16H,4-7,10-12H2,1H3/t16-/m0/s1. The largest absolute Gasteiger partial charge is 0.484 e. The number of halogens is 3. The molecule has 0 radical (unpaired) electrons. The van der Waals surface area contributed by atoms with Gasteiger partial charge in [0.1, 0.15) is 18.5 Å². The van der Waals surface area contributed by atoms with Crippen LogP contribution in [0.2, 0.25) is 0 Å². The Labute approximate surface area is 171 Å². The molecule has 4 rings (SSSR count). The molecule has 0 bridgehead atoms. The minimum absolute atomic E-state index is 0.154. The molecule has 2 aliphatic rings. The summed E-state index contributed by atoms with van der Waals surface area (Å²) in [6.45, 7) is 2.69. The Morgan fingerprint density at radius 2 is 2.03 bits per heavy atom. The lowest BCUT2D eigenvalue weighted by Gasteiger charge is -2.28. The van der Waals surface area contributed by atoms with Crippen molar-refractivity contribution in [2.75, 3.05) is 33.0 Å². The molecule has 1 saturated heterocycles. The van der Waals surface area contributed by atoms with Gasteiger partial charge in [-0.15, -0.1) is 0 Å². The maximum atomic E-state index is 12.6. The quantitative estimate of drug-likeness (QED) is 0.737. The summed E-state index contributed by atoms with van der Waals surface area (Å²) >= 11 is 0. The van der Waals surface area contributed by atoms with Gasteiger partial charge in [0.25, 0.3) is 0 Å². The van der Waals surface area contributed by atoms with E-state index in [0.717, 1.165) is 11.1 Å². The van der Waals surface area contributed by atoms with E-state index in [-0.39, 0.29) is 23.9 Å². The first-order valence-electron chi connectivity index (χ1n) is 9.71. The monoisotopic (exact) mass is 425 g/mol. The van der Waals surface area contributed by atoms with Crippen molar-refractivity contribution in [3.8, 4) is 22.9 Å². The summed E-state index contributed by atoms with van der Waals surface area (Å²) in [7, 11) is 0. The molecule has 9 heteroatoms. The molecule has 0 aliphatic carbocycles. The SMILES string of the molecule is Cc1c2n(c(OC[C@@H]3COCCO3)cc1=O)CCc1cc(OCC(F)(F)F)ccc1-2. The second kappa shape index (κ2) is 8.31. The lowest BCUT2D eigenvalue weighted by atomic mass is 9.94. The third-order valence-corrected chi connectivity index (χ3v) is 5.16. The summed E-state index contributed by atoms with van der Waals surface area (Å²) in [5.41, 5.74) is 2.73. The van der Waals surface area contributed by atoms with Crippen LogP contribution in [0.4, 0.5) is 13.2 Å². The first-order valence-corrected chi connectivity index (χ1v) is 9.71. The molecule has 2 aromatic rings. The molecule has 0 spiro atoms. The number of benzene rings is 1. The van der Waals surface area contributed by atoms with Crippen LogP contribution < -0.4 is 14.9 Å². The number of pyridine rings is 1. The predicted molar refractivity (Wildman–Crippen MR) is 102 cm³/mol. The molecule has 162 valence electrons. The van der Waals surface area contributed by atoms with Gasteiger partial charge in [-0.05, 0) is 37.1 Å². The molecule has 0 saturated carbocycles. The normalized spacial score (nSPS) is 18.5. The van der Waals surface area contributed by atoms with Crippen molar-refractivity contribution < 1.29 is 32.1 Å². The van der Waals surface area contributed by atoms with Crippen molar-refractivity contribution in [2.24, 2.45) is 0 Å². The summed E-state index contributed by atoms with van der Waals surface area (Å²) in [5, 5.41) is 0. The van der Waals surface area contributed by atoms with E-state index in [1.54, 1.807) is 19.1 Å². The van der Waals surface area contributed by atoms with Gasteiger partial charge >= 0.3 is 6.18 Å². The van der Waals surface area contributed by atoms with Crippen molar-refractivity contribution in [3.05, 3.63) is 45.6 Å². The maximum absolute atomic E-state index is 12.6. The molecule has 1 aromatic heterocycles. The number of rotatable bonds is 5. The van der Waals surface area contributed by atoms with Gasteiger partial charge in [-0.1, -0.05) is 0 Å². The Morgan fingerprint density at radius 3 is 2.77 bits per heavy atom. The molecule has 1 atom stereocenters. The summed E-state index contributed by atoms with van der Waals surface area (Å²) in [5.74, 6) is 0.596. The molecule has 0 N–H and O–H groups in total. The second-order valence-corrected chi connectivity index (χ2v) is 7.32. The van der Waals surface area contributed by atoms with Crippen LogP contribution >= 0.6 is 0 Å². The van der Waals surface area contributed by atoms with Crippen LogP contribution in [0.5, 0.6) is 11.6 Å². The number of aryl methyl sites for hydroxylation is 1. The van der Waals surface area contributed by atoms with Crippen molar-refractivity contribution in [2.45, 2.75) is 32.2 Å². The van der Waals surface area contributed by atoms with Crippen LogP contribution in [-0.4, -0.2) is 49.9 Å². The number of hydrogen-bond donors (Lipinski definition) is 0. The van der Waals surface area contributed by atoms with E-state index in [2.05, 4.69) is 0 Å². The highest BCUT2D eigenvalue weighted by Crippen LogP contribution is 2.36. The van der Waals surface area contributed by atoms with Crippen molar-refractivity contribution >= 4 is 0 Å². The molecule has 0 unspecified atom stereocenters. The third kappa shape index (κ3) is 4.46. The van der Waals surface area contributed by atoms with E-state index in [1.807, 2.05) is 4.57 Å². The van der Waals surface area contributed by atoms with Gasteiger partial charge in [0, 0.05) is 23.7 Å². The average molecular weight is 425 g/mol. The third-order valence-electron chi connectivity index (χ3n) is 5.16. The van der Waals surface area contributed by atoms with Gasteiger partial charge in [-0.25, -0.2) is 0 Å². The fourth-order valence-corrected chi connectivity index (χ4v) is 3.72. The molecule has 1 aromatic carbocycles. The Kier molecular flexibility index (Phi) is 5.75. The maximum Gasteiger partial charge on any atom is 0.422 e. The summed E-state index contributed by atoms with van der Waals surface area (Å²) in [6, 6.07) is 6.26. The highest BCUT2D eigenvalue weighted by Gasteiger charge is 2.29. The zero-order chi connectivity index (χ0) is 21.3. The van der Waals surface area contributed by atoms with Gasteiger partial charge < -0.3 is 23.5 Å². The number of fused-ring (bicyclic) bond motifs is 3. The summed E-state index contributed by atoms with van der Waals surface area (Å²) < 4.78 is 60.9. The topological polar surface area (TPSA) is 58.9 Å². The van der Waals surface area contributed by atoms with E-state index in [0.29, 0.717) is 49.9 Å². The molecule has 2 aliphatic heterocycles. The fraction of sp³-hybridized carbons (Fsp3) is 0.476. The van der Waals surface area contributed by atoms with Crippen molar-refractivity contribution in [1.82, 2.24) is 4.57 Å². The molecule has 6 nitrogen and oxygen atoms in total. The number of aromatic nitrogens is 1. The lowest BCUT2D eigenvalue weighted by Crippen LogP contribution is -2.34. The number of nitrogens with zero attached hydrogens (tertiary/aromatic N) is 1. The van der Waals surface area contributed by atoms with Crippen LogP contribution in [0, 0.1) is 6.92 Å². The lowest BCUT2D eigenvalue weighted by molar-refractivity contribution is -0.153. The zero-order valence-corrected chi connectivity index (χ0v) is 16.5. The average Bonchev–Trinajstić information content (AvgIpc) is 2.73. The number of hydrogen-bond acceptors (Lipinski definition) is 5. The molecule has 30 heavy (non-hydrogen) atoms. The van der Waals surface area contributed by atoms with Crippen LogP contribution in [0.3, 0.4) is 0 Å². The Hall–Kier alpha value is -2.52. The van der Waals surface area contributed by atoms with Gasteiger partial charge in [0.05, 0.1) is 25.5 Å². The van der Waals surface area contributed by atoms with Gasteiger partial charge in [-0.3, -0.25) is 4.79 Å². The van der Waals surface area contributed by atoms with Gasteiger partial charge in [0.15, 0.2) is 17.9 Å². The van der Waals surface area contributed by atoms with Gasteiger partial charge in [0.2, 0.25) is 0 Å². The predicted octanol–water partition coefficient (Wildman–Crippen LogP) is 3.12. The smallest absolute Gasteiger partial charge is 0.422 e. The molecule has 0 amide bonds. The Balaban J connectivity index is 1.61. The van der Waals surface area contributed by atoms with E-state index in [1.165, 1.54) is 12.1 Å². The van der Waals surface area contributed by atoms with E-state index < -0.39 is 12.8 Å². The number of ether oxygens (including phenoxy) is 4. The Bertz CT molecular complexity index is 980. The van der Waals surface area contributed by atoms with E-state index in [9.17, 15) is 18.0 Å². The second-order valence-electron chi connectivity index (χ2n) is 7.32. The van der Waals surface area contributed by atoms with E-state index >= 15 is 0 Å².